The van der Waals surface area contributed by atoms with E-state index < -0.39 is 23.8 Å². The van der Waals surface area contributed by atoms with Crippen molar-refractivity contribution in [3.05, 3.63) is 24.2 Å². The van der Waals surface area contributed by atoms with Gasteiger partial charge in [0.1, 0.15) is 0 Å². The van der Waals surface area contributed by atoms with Gasteiger partial charge in [0, 0.05) is 13.1 Å². The van der Waals surface area contributed by atoms with Gasteiger partial charge in [0.05, 0.1) is 19.2 Å². The highest BCUT2D eigenvalue weighted by molar-refractivity contribution is 5.94. The molecule has 7 heteroatoms. The lowest BCUT2D eigenvalue weighted by Gasteiger charge is -2.17. The van der Waals surface area contributed by atoms with E-state index in [-0.39, 0.29) is 18.7 Å². The summed E-state index contributed by atoms with van der Waals surface area (Å²) in [7, 11) is 1.46. The minimum absolute atomic E-state index is 0.147. The molecular weight excluding hydrogens is 252 g/mol. The Morgan fingerprint density at radius 3 is 2.68 bits per heavy atom. The fourth-order valence-electron chi connectivity index (χ4n) is 1.51. The van der Waals surface area contributed by atoms with E-state index in [9.17, 15) is 14.4 Å². The summed E-state index contributed by atoms with van der Waals surface area (Å²) >= 11 is 0. The molecule has 0 fully saturated rings. The zero-order valence-corrected chi connectivity index (χ0v) is 10.8. The van der Waals surface area contributed by atoms with Gasteiger partial charge in [-0.3, -0.25) is 14.4 Å². The molecule has 1 aromatic heterocycles. The largest absolute Gasteiger partial charge is 0.481 e. The number of aliphatic carboxylic acids is 1. The Morgan fingerprint density at radius 2 is 2.16 bits per heavy atom. The fourth-order valence-corrected chi connectivity index (χ4v) is 1.51. The Hall–Kier alpha value is -2.31. The molecule has 7 nitrogen and oxygen atoms in total. The molecule has 1 aromatic rings. The van der Waals surface area contributed by atoms with Gasteiger partial charge in [-0.05, 0) is 19.1 Å². The van der Waals surface area contributed by atoms with Crippen LogP contribution in [0, 0.1) is 0 Å². The minimum atomic E-state index is -0.993. The number of hydrogen-bond acceptors (Lipinski definition) is 4. The monoisotopic (exact) mass is 268 g/mol. The molecule has 2 N–H and O–H groups in total. The zero-order chi connectivity index (χ0) is 14.4. The number of carbonyl (C=O) groups excluding carboxylic acids is 2. The number of carbonyl (C=O) groups is 3. The number of furan rings is 1. The fraction of sp³-hybridized carbons (Fsp3) is 0.417. The van der Waals surface area contributed by atoms with Crippen molar-refractivity contribution in [2.24, 2.45) is 0 Å². The molecule has 2 amide bonds. The first-order valence-electron chi connectivity index (χ1n) is 5.70. The highest BCUT2D eigenvalue weighted by atomic mass is 16.4. The molecule has 0 spiro atoms. The molecule has 1 unspecified atom stereocenters. The van der Waals surface area contributed by atoms with Gasteiger partial charge < -0.3 is 19.7 Å². The summed E-state index contributed by atoms with van der Waals surface area (Å²) in [6.07, 6.45) is 1.21. The van der Waals surface area contributed by atoms with Crippen molar-refractivity contribution in [2.45, 2.75) is 19.4 Å². The summed E-state index contributed by atoms with van der Waals surface area (Å²) in [4.78, 5) is 35.0. The molecule has 19 heavy (non-hydrogen) atoms. The molecule has 0 bridgehead atoms. The molecule has 1 heterocycles. The van der Waals surface area contributed by atoms with Crippen LogP contribution in [0.2, 0.25) is 0 Å². The normalized spacial score (nSPS) is 11.7. The van der Waals surface area contributed by atoms with Crippen LogP contribution in [-0.4, -0.2) is 47.4 Å². The number of carboxylic acids is 1. The summed E-state index contributed by atoms with van der Waals surface area (Å²) in [6, 6.07) is 2.59. The Morgan fingerprint density at radius 1 is 1.47 bits per heavy atom. The topological polar surface area (TPSA) is 99.9 Å². The van der Waals surface area contributed by atoms with Crippen molar-refractivity contribution >= 4 is 17.8 Å². The average Bonchev–Trinajstić information content (AvgIpc) is 2.79. The molecular formula is C12H16N2O5. The van der Waals surface area contributed by atoms with Crippen LogP contribution >= 0.6 is 0 Å². The van der Waals surface area contributed by atoms with Gasteiger partial charge >= 0.3 is 5.97 Å². The summed E-state index contributed by atoms with van der Waals surface area (Å²) in [5, 5.41) is 11.1. The number of carboxylic acid groups (broad SMARTS) is 1. The van der Waals surface area contributed by atoms with Crippen LogP contribution in [0.15, 0.2) is 22.8 Å². The highest BCUT2D eigenvalue weighted by Gasteiger charge is 2.18. The van der Waals surface area contributed by atoms with Crippen molar-refractivity contribution in [3.63, 3.8) is 0 Å². The number of amides is 2. The van der Waals surface area contributed by atoms with Gasteiger partial charge in [-0.1, -0.05) is 0 Å². The van der Waals surface area contributed by atoms with E-state index >= 15 is 0 Å². The first-order chi connectivity index (χ1) is 8.90. The third kappa shape index (κ3) is 4.82. The van der Waals surface area contributed by atoms with Crippen molar-refractivity contribution < 1.29 is 23.9 Å². The lowest BCUT2D eigenvalue weighted by Crippen LogP contribution is -2.42. The number of nitrogens with one attached hydrogen (secondary N) is 1. The minimum Gasteiger partial charge on any atom is -0.481 e. The molecule has 0 saturated heterocycles. The molecule has 1 atom stereocenters. The van der Waals surface area contributed by atoms with Crippen molar-refractivity contribution in [1.29, 1.82) is 0 Å². The zero-order valence-electron chi connectivity index (χ0n) is 10.8. The smallest absolute Gasteiger partial charge is 0.305 e. The lowest BCUT2D eigenvalue weighted by atomic mass is 10.2. The molecule has 0 radical (unpaired) electrons. The number of hydrogen-bond donors (Lipinski definition) is 2. The van der Waals surface area contributed by atoms with Crippen LogP contribution in [-0.2, 0) is 9.59 Å². The number of rotatable bonds is 6. The average molecular weight is 268 g/mol. The first-order valence-corrected chi connectivity index (χ1v) is 5.70. The number of likely N-dealkylation sites (N-methyl/N-ethyl adjacent to an activating group) is 1. The standard InChI is InChI=1S/C12H16N2O5/c1-8(6-11(16)17)13-10(15)7-14(2)12(18)9-4-3-5-19-9/h3-5,8H,6-7H2,1-2H3,(H,13,15)(H,16,17). The van der Waals surface area contributed by atoms with E-state index in [1.54, 1.807) is 13.0 Å². The Kier molecular flexibility index (Phi) is 5.11. The van der Waals surface area contributed by atoms with Crippen LogP contribution in [0.5, 0.6) is 0 Å². The van der Waals surface area contributed by atoms with E-state index in [1.807, 2.05) is 0 Å². The summed E-state index contributed by atoms with van der Waals surface area (Å²) in [5.41, 5.74) is 0. The third-order valence-corrected chi connectivity index (χ3v) is 2.35. The second-order valence-corrected chi connectivity index (χ2v) is 4.20. The van der Waals surface area contributed by atoms with E-state index in [0.29, 0.717) is 0 Å². The maximum Gasteiger partial charge on any atom is 0.305 e. The van der Waals surface area contributed by atoms with Gasteiger partial charge in [0.2, 0.25) is 5.91 Å². The Labute approximate surface area is 110 Å². The molecule has 0 saturated carbocycles. The van der Waals surface area contributed by atoms with Crippen LogP contribution < -0.4 is 5.32 Å². The first kappa shape index (κ1) is 14.7. The van der Waals surface area contributed by atoms with Crippen molar-refractivity contribution in [2.75, 3.05) is 13.6 Å². The van der Waals surface area contributed by atoms with Crippen LogP contribution in [0.4, 0.5) is 0 Å². The van der Waals surface area contributed by atoms with Crippen LogP contribution in [0.1, 0.15) is 23.9 Å². The van der Waals surface area contributed by atoms with Gasteiger partial charge in [-0.15, -0.1) is 0 Å². The van der Waals surface area contributed by atoms with Crippen molar-refractivity contribution in [3.8, 4) is 0 Å². The van der Waals surface area contributed by atoms with Crippen LogP contribution in [0.3, 0.4) is 0 Å². The summed E-state index contributed by atoms with van der Waals surface area (Å²) in [5.74, 6) is -1.68. The predicted molar refractivity (Wildman–Crippen MR) is 65.5 cm³/mol. The van der Waals surface area contributed by atoms with E-state index in [2.05, 4.69) is 5.32 Å². The second-order valence-electron chi connectivity index (χ2n) is 4.20. The summed E-state index contributed by atoms with van der Waals surface area (Å²) in [6.45, 7) is 1.42. The molecule has 0 aliphatic heterocycles. The van der Waals surface area contributed by atoms with Gasteiger partial charge in [-0.2, -0.15) is 0 Å². The highest BCUT2D eigenvalue weighted by Crippen LogP contribution is 2.03. The molecule has 0 aromatic carbocycles. The van der Waals surface area contributed by atoms with E-state index in [0.717, 1.165) is 0 Å². The van der Waals surface area contributed by atoms with Gasteiger partial charge in [-0.25, -0.2) is 0 Å². The second kappa shape index (κ2) is 6.58. The Balaban J connectivity index is 2.44. The SMILES string of the molecule is CC(CC(=O)O)NC(=O)CN(C)C(=O)c1ccco1. The van der Waals surface area contributed by atoms with Crippen molar-refractivity contribution in [1.82, 2.24) is 10.2 Å². The third-order valence-electron chi connectivity index (χ3n) is 2.35. The summed E-state index contributed by atoms with van der Waals surface area (Å²) < 4.78 is 4.93. The van der Waals surface area contributed by atoms with E-state index in [1.165, 1.54) is 24.3 Å². The maximum absolute atomic E-state index is 11.8. The lowest BCUT2D eigenvalue weighted by molar-refractivity contribution is -0.137. The maximum atomic E-state index is 11.8. The van der Waals surface area contributed by atoms with Crippen LogP contribution in [0.25, 0.3) is 0 Å². The predicted octanol–water partition coefficient (Wildman–Crippen LogP) is 0.331. The van der Waals surface area contributed by atoms with Gasteiger partial charge in [0.25, 0.3) is 5.91 Å². The number of nitrogens with zero attached hydrogens (tertiary/aromatic N) is 1. The molecule has 0 aliphatic carbocycles. The molecule has 104 valence electrons. The quantitative estimate of drug-likeness (QED) is 0.774. The molecule has 0 aliphatic rings. The van der Waals surface area contributed by atoms with Gasteiger partial charge in [0.15, 0.2) is 5.76 Å². The molecule has 1 rings (SSSR count). The Bertz CT molecular complexity index is 455. The van der Waals surface area contributed by atoms with E-state index in [4.69, 9.17) is 9.52 Å².